The molecule has 0 spiro atoms. The van der Waals surface area contributed by atoms with Crippen LogP contribution in [0.5, 0.6) is 0 Å². The van der Waals surface area contributed by atoms with E-state index < -0.39 is 11.9 Å². The zero-order valence-corrected chi connectivity index (χ0v) is 8.74. The topological polar surface area (TPSA) is 50.4 Å². The third-order valence-electron chi connectivity index (χ3n) is 2.17. The first-order valence-electron chi connectivity index (χ1n) is 4.56. The lowest BCUT2D eigenvalue weighted by atomic mass is 10.0. The SMILES string of the molecule is O=C(O)C(Cc1ccco1)c1cccs1. The number of aliphatic carboxylic acids is 1. The molecule has 78 valence electrons. The third kappa shape index (κ3) is 2.27. The summed E-state index contributed by atoms with van der Waals surface area (Å²) in [5.74, 6) is -0.610. The van der Waals surface area contributed by atoms with Crippen molar-refractivity contribution in [2.45, 2.75) is 12.3 Å². The van der Waals surface area contributed by atoms with Gasteiger partial charge in [0.05, 0.1) is 12.2 Å². The van der Waals surface area contributed by atoms with Crippen molar-refractivity contribution in [3.63, 3.8) is 0 Å². The van der Waals surface area contributed by atoms with E-state index in [9.17, 15) is 4.79 Å². The summed E-state index contributed by atoms with van der Waals surface area (Å²) in [6, 6.07) is 7.26. The summed E-state index contributed by atoms with van der Waals surface area (Å²) >= 11 is 1.46. The molecule has 1 N–H and O–H groups in total. The first-order chi connectivity index (χ1) is 7.27. The molecule has 4 heteroatoms. The molecule has 0 saturated heterocycles. The normalized spacial score (nSPS) is 12.5. The molecule has 0 aliphatic heterocycles. The lowest BCUT2D eigenvalue weighted by Crippen LogP contribution is -2.12. The Bertz CT molecular complexity index is 417. The van der Waals surface area contributed by atoms with Gasteiger partial charge in [-0.15, -0.1) is 11.3 Å². The fourth-order valence-corrected chi connectivity index (χ4v) is 2.25. The van der Waals surface area contributed by atoms with Gasteiger partial charge in [0.1, 0.15) is 5.76 Å². The van der Waals surface area contributed by atoms with E-state index in [1.807, 2.05) is 17.5 Å². The molecule has 2 rings (SSSR count). The highest BCUT2D eigenvalue weighted by Gasteiger charge is 2.22. The summed E-state index contributed by atoms with van der Waals surface area (Å²) in [4.78, 5) is 11.9. The summed E-state index contributed by atoms with van der Waals surface area (Å²) in [7, 11) is 0. The average Bonchev–Trinajstić information content (AvgIpc) is 2.87. The zero-order chi connectivity index (χ0) is 10.7. The Balaban J connectivity index is 2.18. The molecule has 0 aliphatic rings. The highest BCUT2D eigenvalue weighted by Crippen LogP contribution is 2.25. The van der Waals surface area contributed by atoms with Gasteiger partial charge in [0.15, 0.2) is 0 Å². The number of furan rings is 1. The summed E-state index contributed by atoms with van der Waals surface area (Å²) in [6.45, 7) is 0. The Morgan fingerprint density at radius 2 is 2.33 bits per heavy atom. The smallest absolute Gasteiger partial charge is 0.312 e. The monoisotopic (exact) mass is 222 g/mol. The van der Waals surface area contributed by atoms with Crippen LogP contribution in [-0.4, -0.2) is 11.1 Å². The maximum Gasteiger partial charge on any atom is 0.312 e. The third-order valence-corrected chi connectivity index (χ3v) is 3.16. The van der Waals surface area contributed by atoms with Crippen molar-refractivity contribution in [3.05, 3.63) is 46.5 Å². The Kier molecular flexibility index (Phi) is 2.87. The molecule has 0 aromatic carbocycles. The average molecular weight is 222 g/mol. The van der Waals surface area contributed by atoms with Crippen LogP contribution in [0.1, 0.15) is 16.6 Å². The molecule has 0 bridgehead atoms. The molecule has 0 fully saturated rings. The van der Waals surface area contributed by atoms with Crippen LogP contribution in [0.4, 0.5) is 0 Å². The molecule has 0 amide bonds. The summed E-state index contributed by atoms with van der Waals surface area (Å²) in [6.07, 6.45) is 1.96. The second-order valence-corrected chi connectivity index (χ2v) is 4.17. The molecule has 0 radical (unpaired) electrons. The number of carboxylic acid groups (broad SMARTS) is 1. The van der Waals surface area contributed by atoms with E-state index in [1.165, 1.54) is 11.3 Å². The lowest BCUT2D eigenvalue weighted by molar-refractivity contribution is -0.138. The summed E-state index contributed by atoms with van der Waals surface area (Å²) in [5.41, 5.74) is 0. The maximum atomic E-state index is 11.1. The number of hydrogen-bond acceptors (Lipinski definition) is 3. The number of carboxylic acids is 1. The molecule has 0 saturated carbocycles. The maximum absolute atomic E-state index is 11.1. The van der Waals surface area contributed by atoms with Crippen LogP contribution in [0.2, 0.25) is 0 Å². The zero-order valence-electron chi connectivity index (χ0n) is 7.92. The highest BCUT2D eigenvalue weighted by atomic mass is 32.1. The van der Waals surface area contributed by atoms with Crippen LogP contribution < -0.4 is 0 Å². The number of rotatable bonds is 4. The van der Waals surface area contributed by atoms with Gasteiger partial charge < -0.3 is 9.52 Å². The number of carbonyl (C=O) groups is 1. The van der Waals surface area contributed by atoms with Gasteiger partial charge in [-0.2, -0.15) is 0 Å². The Morgan fingerprint density at radius 3 is 2.87 bits per heavy atom. The van der Waals surface area contributed by atoms with Crippen LogP contribution in [0.15, 0.2) is 40.3 Å². The van der Waals surface area contributed by atoms with Crippen molar-refractivity contribution >= 4 is 17.3 Å². The Hall–Kier alpha value is -1.55. The predicted octanol–water partition coefficient (Wildman–Crippen LogP) is 2.75. The van der Waals surface area contributed by atoms with Crippen molar-refractivity contribution in [3.8, 4) is 0 Å². The van der Waals surface area contributed by atoms with E-state index in [0.717, 1.165) is 4.88 Å². The minimum atomic E-state index is -0.811. The van der Waals surface area contributed by atoms with Gasteiger partial charge in [0.25, 0.3) is 0 Å². The molecule has 2 aromatic rings. The standard InChI is InChI=1S/C11H10O3S/c12-11(13)9(10-4-2-6-15-10)7-8-3-1-5-14-8/h1-6,9H,7H2,(H,12,13). The van der Waals surface area contributed by atoms with Crippen LogP contribution >= 0.6 is 11.3 Å². The fraction of sp³-hybridized carbons (Fsp3) is 0.182. The minimum Gasteiger partial charge on any atom is -0.481 e. The van der Waals surface area contributed by atoms with Crippen molar-refractivity contribution in [1.29, 1.82) is 0 Å². The molecular formula is C11H10O3S. The van der Waals surface area contributed by atoms with Crippen LogP contribution in [0.3, 0.4) is 0 Å². The molecular weight excluding hydrogens is 212 g/mol. The Morgan fingerprint density at radius 1 is 1.47 bits per heavy atom. The van der Waals surface area contributed by atoms with E-state index in [4.69, 9.17) is 9.52 Å². The van der Waals surface area contributed by atoms with E-state index in [2.05, 4.69) is 0 Å². The minimum absolute atomic E-state index is 0.406. The largest absolute Gasteiger partial charge is 0.481 e. The van der Waals surface area contributed by atoms with Gasteiger partial charge >= 0.3 is 5.97 Å². The van der Waals surface area contributed by atoms with Gasteiger partial charge in [-0.1, -0.05) is 6.07 Å². The number of thiophene rings is 1. The van der Waals surface area contributed by atoms with Crippen molar-refractivity contribution < 1.29 is 14.3 Å². The fourth-order valence-electron chi connectivity index (χ4n) is 1.43. The molecule has 2 aromatic heterocycles. The predicted molar refractivity (Wildman–Crippen MR) is 57.1 cm³/mol. The van der Waals surface area contributed by atoms with Crippen molar-refractivity contribution in [1.82, 2.24) is 0 Å². The van der Waals surface area contributed by atoms with Crippen LogP contribution in [0.25, 0.3) is 0 Å². The number of hydrogen-bond donors (Lipinski definition) is 1. The van der Waals surface area contributed by atoms with E-state index >= 15 is 0 Å². The molecule has 0 aliphatic carbocycles. The van der Waals surface area contributed by atoms with Crippen LogP contribution in [-0.2, 0) is 11.2 Å². The highest BCUT2D eigenvalue weighted by molar-refractivity contribution is 7.10. The van der Waals surface area contributed by atoms with Gasteiger partial charge in [0, 0.05) is 11.3 Å². The van der Waals surface area contributed by atoms with E-state index in [-0.39, 0.29) is 0 Å². The lowest BCUT2D eigenvalue weighted by Gasteiger charge is -2.07. The first kappa shape index (κ1) is 9.98. The van der Waals surface area contributed by atoms with Crippen molar-refractivity contribution in [2.24, 2.45) is 0 Å². The second kappa shape index (κ2) is 4.31. The molecule has 1 atom stereocenters. The molecule has 1 unspecified atom stereocenters. The van der Waals surface area contributed by atoms with Gasteiger partial charge in [-0.05, 0) is 23.6 Å². The van der Waals surface area contributed by atoms with Gasteiger partial charge in [-0.25, -0.2) is 0 Å². The summed E-state index contributed by atoms with van der Waals surface area (Å²) < 4.78 is 5.15. The van der Waals surface area contributed by atoms with E-state index in [0.29, 0.717) is 12.2 Å². The molecule has 3 nitrogen and oxygen atoms in total. The van der Waals surface area contributed by atoms with Gasteiger partial charge in [0.2, 0.25) is 0 Å². The second-order valence-electron chi connectivity index (χ2n) is 3.19. The van der Waals surface area contributed by atoms with Crippen molar-refractivity contribution in [2.75, 3.05) is 0 Å². The quantitative estimate of drug-likeness (QED) is 0.865. The first-order valence-corrected chi connectivity index (χ1v) is 5.44. The Labute approximate surface area is 91.0 Å². The van der Waals surface area contributed by atoms with Crippen LogP contribution in [0, 0.1) is 0 Å². The summed E-state index contributed by atoms with van der Waals surface area (Å²) in [5, 5.41) is 11.0. The van der Waals surface area contributed by atoms with E-state index in [1.54, 1.807) is 18.4 Å². The van der Waals surface area contributed by atoms with Gasteiger partial charge in [-0.3, -0.25) is 4.79 Å². The molecule has 2 heterocycles. The molecule has 15 heavy (non-hydrogen) atoms.